The molecule has 1 atom stereocenters. The summed E-state index contributed by atoms with van der Waals surface area (Å²) in [6.07, 6.45) is 1.09. The average molecular weight is 282 g/mol. The van der Waals surface area contributed by atoms with Gasteiger partial charge in [0.2, 0.25) is 0 Å². The molecule has 20 heavy (non-hydrogen) atoms. The highest BCUT2D eigenvalue weighted by Gasteiger charge is 2.16. The van der Waals surface area contributed by atoms with Crippen LogP contribution in [0.3, 0.4) is 0 Å². The summed E-state index contributed by atoms with van der Waals surface area (Å²) in [4.78, 5) is 18.2. The zero-order valence-electron chi connectivity index (χ0n) is 12.5. The minimum atomic E-state index is -0.523. The smallest absolute Gasteiger partial charge is 0.255 e. The largest absolute Gasteiger partial charge is 0.372 e. The van der Waals surface area contributed by atoms with Crippen LogP contribution in [0.15, 0.2) is 12.3 Å². The van der Waals surface area contributed by atoms with Crippen molar-refractivity contribution in [3.63, 3.8) is 0 Å². The van der Waals surface area contributed by atoms with Crippen molar-refractivity contribution in [2.45, 2.75) is 26.8 Å². The average Bonchev–Trinajstić information content (AvgIpc) is 2.44. The van der Waals surface area contributed by atoms with E-state index in [0.29, 0.717) is 5.82 Å². The molecule has 0 bridgehead atoms. The highest BCUT2D eigenvalue weighted by atomic mass is 19.1. The van der Waals surface area contributed by atoms with Crippen molar-refractivity contribution in [2.75, 3.05) is 32.0 Å². The van der Waals surface area contributed by atoms with Crippen molar-refractivity contribution in [1.29, 1.82) is 0 Å². The van der Waals surface area contributed by atoms with Crippen LogP contribution in [-0.2, 0) is 0 Å². The minimum Gasteiger partial charge on any atom is -0.372 e. The Morgan fingerprint density at radius 2 is 2.10 bits per heavy atom. The van der Waals surface area contributed by atoms with E-state index in [1.165, 1.54) is 6.07 Å². The van der Waals surface area contributed by atoms with Gasteiger partial charge in [-0.05, 0) is 26.1 Å². The molecule has 2 N–H and O–H groups in total. The van der Waals surface area contributed by atoms with Crippen LogP contribution < -0.4 is 10.6 Å². The zero-order valence-corrected chi connectivity index (χ0v) is 12.5. The highest BCUT2D eigenvalue weighted by Crippen LogP contribution is 2.13. The monoisotopic (exact) mass is 282 g/mol. The number of pyridine rings is 1. The molecule has 0 fully saturated rings. The van der Waals surface area contributed by atoms with Gasteiger partial charge in [-0.15, -0.1) is 0 Å². The minimum absolute atomic E-state index is 0.0182. The van der Waals surface area contributed by atoms with Gasteiger partial charge in [0.05, 0.1) is 11.8 Å². The normalized spacial score (nSPS) is 12.3. The van der Waals surface area contributed by atoms with Crippen LogP contribution in [0.25, 0.3) is 0 Å². The van der Waals surface area contributed by atoms with Gasteiger partial charge < -0.3 is 15.5 Å². The first kappa shape index (κ1) is 16.4. The topological polar surface area (TPSA) is 57.3 Å². The Bertz CT molecular complexity index is 449. The lowest BCUT2D eigenvalue weighted by molar-refractivity contribution is 0.0930. The molecule has 0 saturated heterocycles. The molecule has 0 aromatic carbocycles. The molecule has 0 aliphatic carbocycles. The van der Waals surface area contributed by atoms with Crippen LogP contribution >= 0.6 is 0 Å². The predicted octanol–water partition coefficient (Wildman–Crippen LogP) is 1.72. The Kier molecular flexibility index (Phi) is 6.38. The molecular weight excluding hydrogens is 259 g/mol. The number of nitrogens with zero attached hydrogens (tertiary/aromatic N) is 2. The number of likely N-dealkylation sites (N-methyl/N-ethyl adjacent to an activating group) is 1. The zero-order chi connectivity index (χ0) is 15.1. The molecule has 0 radical (unpaired) electrons. The summed E-state index contributed by atoms with van der Waals surface area (Å²) in [6.45, 7) is 8.71. The fourth-order valence-electron chi connectivity index (χ4n) is 2.03. The maximum atomic E-state index is 13.2. The number of anilines is 1. The van der Waals surface area contributed by atoms with Crippen molar-refractivity contribution in [3.05, 3.63) is 23.6 Å². The number of nitrogens with one attached hydrogen (secondary N) is 2. The van der Waals surface area contributed by atoms with Gasteiger partial charge in [0.15, 0.2) is 0 Å². The lowest BCUT2D eigenvalue weighted by Gasteiger charge is -2.23. The number of carbonyl (C=O) groups is 1. The van der Waals surface area contributed by atoms with Crippen LogP contribution in [0.2, 0.25) is 0 Å². The van der Waals surface area contributed by atoms with Crippen LogP contribution in [0.1, 0.15) is 31.1 Å². The van der Waals surface area contributed by atoms with Gasteiger partial charge >= 0.3 is 0 Å². The second-order valence-electron chi connectivity index (χ2n) is 4.66. The lowest BCUT2D eigenvalue weighted by Crippen LogP contribution is -2.42. The summed E-state index contributed by atoms with van der Waals surface area (Å²) < 4.78 is 13.2. The number of hydrogen-bond donors (Lipinski definition) is 2. The Morgan fingerprint density at radius 1 is 1.45 bits per heavy atom. The van der Waals surface area contributed by atoms with E-state index in [-0.39, 0.29) is 17.5 Å². The van der Waals surface area contributed by atoms with Crippen LogP contribution in [0.4, 0.5) is 10.2 Å². The van der Waals surface area contributed by atoms with Crippen molar-refractivity contribution in [2.24, 2.45) is 0 Å². The second kappa shape index (κ2) is 7.79. The third-order valence-corrected chi connectivity index (χ3v) is 3.14. The Morgan fingerprint density at radius 3 is 2.65 bits per heavy atom. The lowest BCUT2D eigenvalue weighted by atomic mass is 10.2. The molecule has 6 heteroatoms. The summed E-state index contributed by atoms with van der Waals surface area (Å²) >= 11 is 0. The molecule has 112 valence electrons. The van der Waals surface area contributed by atoms with E-state index in [9.17, 15) is 9.18 Å². The van der Waals surface area contributed by atoms with Crippen LogP contribution in [0, 0.1) is 5.82 Å². The molecule has 1 heterocycles. The molecule has 1 unspecified atom stereocenters. The first-order valence-corrected chi connectivity index (χ1v) is 6.88. The van der Waals surface area contributed by atoms with Gasteiger partial charge in [0.25, 0.3) is 5.91 Å². The SMILES string of the molecule is CCN(CC)CC(C)NC(=O)c1cc(F)cnc1NC. The Labute approximate surface area is 119 Å². The van der Waals surface area contributed by atoms with E-state index in [0.717, 1.165) is 25.8 Å². The van der Waals surface area contributed by atoms with Crippen LogP contribution in [0.5, 0.6) is 0 Å². The molecule has 0 aliphatic rings. The molecule has 1 aromatic heterocycles. The summed E-state index contributed by atoms with van der Waals surface area (Å²) in [5.74, 6) is -0.467. The third-order valence-electron chi connectivity index (χ3n) is 3.14. The standard InChI is InChI=1S/C14H23FN4O/c1-5-19(6-2)9-10(3)18-14(20)12-7-11(15)8-17-13(12)16-4/h7-8,10H,5-6,9H2,1-4H3,(H,16,17)(H,18,20). The maximum Gasteiger partial charge on any atom is 0.255 e. The third kappa shape index (κ3) is 4.45. The molecule has 0 spiro atoms. The number of halogens is 1. The molecule has 1 amide bonds. The van der Waals surface area contributed by atoms with E-state index >= 15 is 0 Å². The first-order valence-electron chi connectivity index (χ1n) is 6.88. The van der Waals surface area contributed by atoms with Gasteiger partial charge in [0, 0.05) is 19.6 Å². The van der Waals surface area contributed by atoms with Gasteiger partial charge in [0.1, 0.15) is 11.6 Å². The predicted molar refractivity (Wildman–Crippen MR) is 78.5 cm³/mol. The van der Waals surface area contributed by atoms with Gasteiger partial charge in [-0.2, -0.15) is 0 Å². The van der Waals surface area contributed by atoms with Gasteiger partial charge in [-0.1, -0.05) is 13.8 Å². The number of carbonyl (C=O) groups excluding carboxylic acids is 1. The van der Waals surface area contributed by atoms with Crippen molar-refractivity contribution >= 4 is 11.7 Å². The van der Waals surface area contributed by atoms with Gasteiger partial charge in [-0.25, -0.2) is 9.37 Å². The number of rotatable bonds is 7. The summed E-state index contributed by atoms with van der Waals surface area (Å²) in [6, 6.07) is 1.17. The molecule has 1 aromatic rings. The second-order valence-corrected chi connectivity index (χ2v) is 4.66. The maximum absolute atomic E-state index is 13.2. The number of aromatic nitrogens is 1. The van der Waals surface area contributed by atoms with Gasteiger partial charge in [-0.3, -0.25) is 4.79 Å². The summed E-state index contributed by atoms with van der Waals surface area (Å²) in [5, 5.41) is 5.66. The summed E-state index contributed by atoms with van der Waals surface area (Å²) in [7, 11) is 1.65. The van der Waals surface area contributed by atoms with Crippen molar-refractivity contribution in [1.82, 2.24) is 15.2 Å². The quantitative estimate of drug-likeness (QED) is 0.799. The van der Waals surface area contributed by atoms with Crippen LogP contribution in [-0.4, -0.2) is 48.5 Å². The Balaban J connectivity index is 2.73. The number of amides is 1. The molecular formula is C14H23FN4O. The number of hydrogen-bond acceptors (Lipinski definition) is 4. The molecule has 0 aliphatic heterocycles. The Hall–Kier alpha value is -1.69. The highest BCUT2D eigenvalue weighted by molar-refractivity contribution is 5.98. The van der Waals surface area contributed by atoms with E-state index in [1.807, 2.05) is 6.92 Å². The fourth-order valence-corrected chi connectivity index (χ4v) is 2.03. The summed E-state index contributed by atoms with van der Waals surface area (Å²) in [5.41, 5.74) is 0.221. The van der Waals surface area contributed by atoms with E-state index in [2.05, 4.69) is 34.4 Å². The van der Waals surface area contributed by atoms with Crippen molar-refractivity contribution < 1.29 is 9.18 Å². The van der Waals surface area contributed by atoms with Crippen molar-refractivity contribution in [3.8, 4) is 0 Å². The molecule has 0 saturated carbocycles. The van der Waals surface area contributed by atoms with E-state index < -0.39 is 5.82 Å². The first-order chi connectivity index (χ1) is 9.51. The molecule has 1 rings (SSSR count). The molecule has 5 nitrogen and oxygen atoms in total. The van der Waals surface area contributed by atoms with E-state index in [4.69, 9.17) is 0 Å². The van der Waals surface area contributed by atoms with E-state index in [1.54, 1.807) is 7.05 Å². The fraction of sp³-hybridized carbons (Fsp3) is 0.571.